The lowest BCUT2D eigenvalue weighted by molar-refractivity contribution is -0.118. The molecular formula is C21H20Cl2N2O2S. The van der Waals surface area contributed by atoms with Crippen molar-refractivity contribution in [2.24, 2.45) is 5.92 Å². The van der Waals surface area contributed by atoms with E-state index >= 15 is 0 Å². The first-order valence-electron chi connectivity index (χ1n) is 8.83. The molecule has 0 spiro atoms. The normalized spacial score (nSPS) is 10.9. The first-order valence-corrected chi connectivity index (χ1v) is 10.5. The Morgan fingerprint density at radius 3 is 2.61 bits per heavy atom. The van der Waals surface area contributed by atoms with Crippen molar-refractivity contribution in [3.05, 3.63) is 63.5 Å². The summed E-state index contributed by atoms with van der Waals surface area (Å²) in [4.78, 5) is 16.6. The highest BCUT2D eigenvalue weighted by atomic mass is 35.5. The van der Waals surface area contributed by atoms with Crippen LogP contribution in [0.1, 0.15) is 19.4 Å². The quantitative estimate of drug-likeness (QED) is 0.472. The van der Waals surface area contributed by atoms with Crippen LogP contribution < -0.4 is 10.1 Å². The number of benzene rings is 2. The van der Waals surface area contributed by atoms with Crippen molar-refractivity contribution < 1.29 is 9.53 Å². The lowest BCUT2D eigenvalue weighted by Gasteiger charge is -2.07. The lowest BCUT2D eigenvalue weighted by atomic mass is 10.0. The number of amides is 1. The summed E-state index contributed by atoms with van der Waals surface area (Å²) in [7, 11) is 0. The molecule has 0 unspecified atom stereocenters. The fraction of sp³-hybridized carbons (Fsp3) is 0.238. The van der Waals surface area contributed by atoms with Crippen molar-refractivity contribution >= 4 is 45.6 Å². The summed E-state index contributed by atoms with van der Waals surface area (Å²) in [6.45, 7) is 4.24. The minimum absolute atomic E-state index is 0.167. The first-order chi connectivity index (χ1) is 13.4. The Bertz CT molecular complexity index is 955. The lowest BCUT2D eigenvalue weighted by Crippen LogP contribution is -2.20. The molecular weight excluding hydrogens is 415 g/mol. The average molecular weight is 435 g/mol. The molecule has 2 aromatic carbocycles. The van der Waals surface area contributed by atoms with E-state index in [0.29, 0.717) is 26.8 Å². The predicted octanol–water partition coefficient (Wildman–Crippen LogP) is 6.33. The molecule has 0 aliphatic rings. The van der Waals surface area contributed by atoms with E-state index in [1.165, 1.54) is 16.9 Å². The van der Waals surface area contributed by atoms with E-state index in [4.69, 9.17) is 27.9 Å². The van der Waals surface area contributed by atoms with Crippen LogP contribution in [0.4, 0.5) is 5.13 Å². The third kappa shape index (κ3) is 5.71. The van der Waals surface area contributed by atoms with E-state index in [2.05, 4.69) is 48.4 Å². The summed E-state index contributed by atoms with van der Waals surface area (Å²) in [5.74, 6) is 0.721. The maximum absolute atomic E-state index is 12.1. The van der Waals surface area contributed by atoms with Gasteiger partial charge in [0.15, 0.2) is 11.7 Å². The van der Waals surface area contributed by atoms with Gasteiger partial charge in [-0.2, -0.15) is 0 Å². The minimum Gasteiger partial charge on any atom is -0.482 e. The average Bonchev–Trinajstić information content (AvgIpc) is 3.09. The summed E-state index contributed by atoms with van der Waals surface area (Å²) in [5.41, 5.74) is 3.16. The number of anilines is 1. The van der Waals surface area contributed by atoms with Crippen LogP contribution in [-0.4, -0.2) is 17.5 Å². The highest BCUT2D eigenvalue weighted by Gasteiger charge is 2.10. The van der Waals surface area contributed by atoms with Gasteiger partial charge in [0.1, 0.15) is 5.75 Å². The molecule has 0 aliphatic heterocycles. The Morgan fingerprint density at radius 1 is 1.18 bits per heavy atom. The monoisotopic (exact) mass is 434 g/mol. The van der Waals surface area contributed by atoms with Crippen molar-refractivity contribution in [1.82, 2.24) is 4.98 Å². The van der Waals surface area contributed by atoms with E-state index < -0.39 is 0 Å². The molecule has 4 nitrogen and oxygen atoms in total. The van der Waals surface area contributed by atoms with Gasteiger partial charge in [-0.05, 0) is 36.1 Å². The van der Waals surface area contributed by atoms with Crippen LogP contribution in [0.15, 0.2) is 47.8 Å². The number of ether oxygens (including phenoxy) is 1. The van der Waals surface area contributed by atoms with Crippen LogP contribution in [0.5, 0.6) is 5.75 Å². The molecule has 0 aliphatic carbocycles. The van der Waals surface area contributed by atoms with Gasteiger partial charge in [-0.3, -0.25) is 10.1 Å². The van der Waals surface area contributed by atoms with Crippen LogP contribution in [0, 0.1) is 5.92 Å². The molecule has 1 aromatic heterocycles. The fourth-order valence-electron chi connectivity index (χ4n) is 2.64. The number of aromatic nitrogens is 1. The number of hydrogen-bond donors (Lipinski definition) is 1. The molecule has 146 valence electrons. The van der Waals surface area contributed by atoms with Crippen LogP contribution in [-0.2, 0) is 11.2 Å². The van der Waals surface area contributed by atoms with Gasteiger partial charge in [0.05, 0.1) is 10.7 Å². The summed E-state index contributed by atoms with van der Waals surface area (Å²) in [6.07, 6.45) is 1.05. The highest BCUT2D eigenvalue weighted by molar-refractivity contribution is 7.14. The smallest absolute Gasteiger partial charge is 0.264 e. The molecule has 1 heterocycles. The summed E-state index contributed by atoms with van der Waals surface area (Å²) in [6, 6.07) is 13.2. The van der Waals surface area contributed by atoms with Crippen molar-refractivity contribution in [1.29, 1.82) is 0 Å². The third-order valence-electron chi connectivity index (χ3n) is 3.90. The topological polar surface area (TPSA) is 51.2 Å². The molecule has 0 saturated heterocycles. The standard InChI is InChI=1S/C21H20Cl2N2O2S/c1-13(2)9-14-3-5-15(6-4-14)18-12-28-21(24-18)25-20(26)11-27-19-8-7-16(22)10-17(19)23/h3-8,10,12-13H,9,11H2,1-2H3,(H,24,25,26). The van der Waals surface area contributed by atoms with Gasteiger partial charge >= 0.3 is 0 Å². The number of nitrogens with zero attached hydrogens (tertiary/aromatic N) is 1. The number of carbonyl (C=O) groups excluding carboxylic acids is 1. The molecule has 7 heteroatoms. The Morgan fingerprint density at radius 2 is 1.93 bits per heavy atom. The van der Waals surface area contributed by atoms with Crippen molar-refractivity contribution in [3.8, 4) is 17.0 Å². The zero-order valence-electron chi connectivity index (χ0n) is 15.5. The molecule has 0 fully saturated rings. The fourth-order valence-corrected chi connectivity index (χ4v) is 3.84. The van der Waals surface area contributed by atoms with Gasteiger partial charge in [0.25, 0.3) is 5.91 Å². The molecule has 0 radical (unpaired) electrons. The summed E-state index contributed by atoms with van der Waals surface area (Å²) in [5, 5.41) is 6.06. The van der Waals surface area contributed by atoms with Crippen molar-refractivity contribution in [2.45, 2.75) is 20.3 Å². The van der Waals surface area contributed by atoms with Gasteiger partial charge in [-0.1, -0.05) is 61.3 Å². The van der Waals surface area contributed by atoms with Gasteiger partial charge in [-0.15, -0.1) is 11.3 Å². The molecule has 1 amide bonds. The Labute approximate surface area is 178 Å². The molecule has 0 bridgehead atoms. The highest BCUT2D eigenvalue weighted by Crippen LogP contribution is 2.28. The predicted molar refractivity (Wildman–Crippen MR) is 117 cm³/mol. The summed E-state index contributed by atoms with van der Waals surface area (Å²) < 4.78 is 5.44. The van der Waals surface area contributed by atoms with E-state index in [-0.39, 0.29) is 12.5 Å². The van der Waals surface area contributed by atoms with Crippen LogP contribution in [0.25, 0.3) is 11.3 Å². The number of rotatable bonds is 7. The van der Waals surface area contributed by atoms with E-state index in [1.54, 1.807) is 18.2 Å². The van der Waals surface area contributed by atoms with Gasteiger partial charge in [0, 0.05) is 16.0 Å². The largest absolute Gasteiger partial charge is 0.482 e. The third-order valence-corrected chi connectivity index (χ3v) is 5.19. The second-order valence-electron chi connectivity index (χ2n) is 6.74. The SMILES string of the molecule is CC(C)Cc1ccc(-c2csc(NC(=O)COc3ccc(Cl)cc3Cl)n2)cc1. The Balaban J connectivity index is 1.57. The van der Waals surface area contributed by atoms with Crippen LogP contribution in [0.3, 0.4) is 0 Å². The number of nitrogens with one attached hydrogen (secondary N) is 1. The second-order valence-corrected chi connectivity index (χ2v) is 8.45. The van der Waals surface area contributed by atoms with Gasteiger partial charge in [-0.25, -0.2) is 4.98 Å². The maximum atomic E-state index is 12.1. The Hall–Kier alpha value is -2.08. The van der Waals surface area contributed by atoms with E-state index in [0.717, 1.165) is 17.7 Å². The Kier molecular flexibility index (Phi) is 6.94. The van der Waals surface area contributed by atoms with Gasteiger partial charge in [0.2, 0.25) is 0 Å². The molecule has 1 N–H and O–H groups in total. The second kappa shape index (κ2) is 9.41. The van der Waals surface area contributed by atoms with Crippen molar-refractivity contribution in [2.75, 3.05) is 11.9 Å². The number of halogens is 2. The molecule has 0 saturated carbocycles. The number of carbonyl (C=O) groups is 1. The minimum atomic E-state index is -0.306. The van der Waals surface area contributed by atoms with Crippen LogP contribution in [0.2, 0.25) is 10.0 Å². The number of thiazole rings is 1. The zero-order chi connectivity index (χ0) is 20.1. The molecule has 28 heavy (non-hydrogen) atoms. The molecule has 0 atom stereocenters. The van der Waals surface area contributed by atoms with E-state index in [9.17, 15) is 4.79 Å². The van der Waals surface area contributed by atoms with Gasteiger partial charge < -0.3 is 4.74 Å². The van der Waals surface area contributed by atoms with Crippen molar-refractivity contribution in [3.63, 3.8) is 0 Å². The summed E-state index contributed by atoms with van der Waals surface area (Å²) >= 11 is 13.2. The number of hydrogen-bond acceptors (Lipinski definition) is 4. The first kappa shape index (κ1) is 20.6. The molecule has 3 rings (SSSR count). The molecule has 3 aromatic rings. The van der Waals surface area contributed by atoms with Crippen LogP contribution >= 0.6 is 34.5 Å². The zero-order valence-corrected chi connectivity index (χ0v) is 17.9. The maximum Gasteiger partial charge on any atom is 0.264 e. The van der Waals surface area contributed by atoms with E-state index in [1.807, 2.05) is 5.38 Å².